The van der Waals surface area contributed by atoms with Crippen molar-refractivity contribution in [2.24, 2.45) is 0 Å². The fraction of sp³-hybridized carbons (Fsp3) is 0.286. The molecule has 3 aromatic carbocycles. The molecular weight excluding hydrogens is 522 g/mol. The van der Waals surface area contributed by atoms with Gasteiger partial charge < -0.3 is 14.6 Å². The number of thioether (sulfide) groups is 1. The highest BCUT2D eigenvalue weighted by atomic mass is 32.2. The second kappa shape index (κ2) is 11.7. The number of amides is 2. The molecule has 1 saturated heterocycles. The van der Waals surface area contributed by atoms with Gasteiger partial charge in [0.25, 0.3) is 5.91 Å². The topological polar surface area (TPSA) is 98.8 Å². The zero-order valence-electron chi connectivity index (χ0n) is 21.5. The summed E-state index contributed by atoms with van der Waals surface area (Å²) >= 11 is -1.36. The smallest absolute Gasteiger partial charge is 0.409 e. The molecule has 1 heterocycles. The number of anilines is 1. The van der Waals surface area contributed by atoms with Gasteiger partial charge in [0.2, 0.25) is 5.44 Å². The van der Waals surface area contributed by atoms with E-state index in [1.165, 1.54) is 16.7 Å². The van der Waals surface area contributed by atoms with Gasteiger partial charge in [-0.2, -0.15) is 0 Å². The standard InChI is InChI=1S/C28H31N3O5S2/c1-28(2,3)29-27(33)36-26-25(32)30(20-37-26)23-15-10-16-24(17-23)31(38(34)35,18-21-11-6-4-7-12-21)19-22-13-8-5-9-14-22/h4-17,26H,18-20H2,1-3H3,(H-,29,33,34,35). The first-order valence-corrected chi connectivity index (χ1v) is 14.2. The summed E-state index contributed by atoms with van der Waals surface area (Å²) < 4.78 is 31.1. The fourth-order valence-corrected chi connectivity index (χ4v) is 6.01. The first-order chi connectivity index (χ1) is 18.1. The summed E-state index contributed by atoms with van der Waals surface area (Å²) in [4.78, 5) is 26.9. The Morgan fingerprint density at radius 1 is 1.03 bits per heavy atom. The van der Waals surface area contributed by atoms with Gasteiger partial charge in [0, 0.05) is 28.8 Å². The molecule has 200 valence electrons. The number of quaternary nitrogens is 1. The van der Waals surface area contributed by atoms with Crippen LogP contribution in [0.25, 0.3) is 0 Å². The van der Waals surface area contributed by atoms with E-state index in [9.17, 15) is 18.4 Å². The van der Waals surface area contributed by atoms with Crippen LogP contribution in [0.5, 0.6) is 0 Å². The van der Waals surface area contributed by atoms with Gasteiger partial charge in [-0.05, 0) is 26.8 Å². The number of benzene rings is 3. The number of hydrogen-bond donors (Lipinski definition) is 1. The second-order valence-corrected chi connectivity index (χ2v) is 12.2. The summed E-state index contributed by atoms with van der Waals surface area (Å²) in [7, 11) is 0. The van der Waals surface area contributed by atoms with Crippen molar-refractivity contribution in [1.82, 2.24) is 9.21 Å². The first-order valence-electron chi connectivity index (χ1n) is 12.1. The minimum atomic E-state index is -2.56. The van der Waals surface area contributed by atoms with E-state index in [0.29, 0.717) is 11.4 Å². The van der Waals surface area contributed by atoms with Crippen LogP contribution in [0.2, 0.25) is 0 Å². The van der Waals surface area contributed by atoms with Crippen LogP contribution in [0.1, 0.15) is 31.9 Å². The molecule has 8 nitrogen and oxygen atoms in total. The van der Waals surface area contributed by atoms with E-state index in [0.717, 1.165) is 11.1 Å². The average Bonchev–Trinajstić information content (AvgIpc) is 3.23. The van der Waals surface area contributed by atoms with E-state index < -0.39 is 28.3 Å². The van der Waals surface area contributed by atoms with E-state index in [-0.39, 0.29) is 28.8 Å². The molecule has 0 saturated carbocycles. The third-order valence-electron chi connectivity index (χ3n) is 5.97. The Morgan fingerprint density at radius 3 is 2.13 bits per heavy atom. The van der Waals surface area contributed by atoms with Gasteiger partial charge in [-0.1, -0.05) is 78.5 Å². The lowest BCUT2D eigenvalue weighted by molar-refractivity contribution is -0.122. The van der Waals surface area contributed by atoms with Crippen molar-refractivity contribution in [3.63, 3.8) is 0 Å². The molecule has 2 amide bonds. The molecule has 1 aliphatic heterocycles. The summed E-state index contributed by atoms with van der Waals surface area (Å²) in [6.07, 6.45) is -0.665. The number of alkyl carbamates (subject to hydrolysis) is 1. The predicted molar refractivity (Wildman–Crippen MR) is 151 cm³/mol. The highest BCUT2D eigenvalue weighted by molar-refractivity contribution is 8.01. The minimum absolute atomic E-state index is 0.205. The van der Waals surface area contributed by atoms with Crippen molar-refractivity contribution in [2.75, 3.05) is 10.8 Å². The monoisotopic (exact) mass is 553 g/mol. The number of hydrogen-bond acceptors (Lipinski definition) is 6. The second-order valence-electron chi connectivity index (χ2n) is 10.1. The van der Waals surface area contributed by atoms with Gasteiger partial charge in [0.05, 0.1) is 11.6 Å². The molecule has 3 aromatic rings. The maximum atomic E-state index is 13.2. The highest BCUT2D eigenvalue weighted by Crippen LogP contribution is 2.37. The van der Waals surface area contributed by atoms with Crippen LogP contribution in [0, 0.1) is 0 Å². The molecule has 38 heavy (non-hydrogen) atoms. The molecule has 0 aliphatic carbocycles. The summed E-state index contributed by atoms with van der Waals surface area (Å²) in [5.74, 6) is -0.100. The number of nitrogens with one attached hydrogen (secondary N) is 1. The van der Waals surface area contributed by atoms with E-state index >= 15 is 0 Å². The Kier molecular flexibility index (Phi) is 8.57. The summed E-state index contributed by atoms with van der Waals surface area (Å²) in [6, 6.07) is 25.9. The molecule has 1 fully saturated rings. The third kappa shape index (κ3) is 6.63. The maximum absolute atomic E-state index is 13.2. The summed E-state index contributed by atoms with van der Waals surface area (Å²) in [5, 5.41) is 2.69. The van der Waals surface area contributed by atoms with Crippen molar-refractivity contribution in [2.45, 2.75) is 44.8 Å². The highest BCUT2D eigenvalue weighted by Gasteiger charge is 2.39. The van der Waals surface area contributed by atoms with Crippen LogP contribution in [0.4, 0.5) is 16.2 Å². The van der Waals surface area contributed by atoms with E-state index in [1.54, 1.807) is 24.3 Å². The summed E-state index contributed by atoms with van der Waals surface area (Å²) in [5.41, 5.74) is 1.31. The molecule has 4 rings (SSSR count). The molecule has 0 spiro atoms. The maximum Gasteiger partial charge on any atom is 0.409 e. The lowest BCUT2D eigenvalue weighted by atomic mass is 10.1. The Labute approximate surface area is 230 Å². The van der Waals surface area contributed by atoms with Gasteiger partial charge in [-0.25, -0.2) is 12.9 Å². The number of rotatable bonds is 8. The number of nitrogens with zero attached hydrogens (tertiary/aromatic N) is 2. The SMILES string of the molecule is CC(C)(C)NC(=O)OC1SCN(c2cccc([N+](Cc3ccccc3)(Cc3ccccc3)S(=O)[O-])c2)C1=O. The van der Waals surface area contributed by atoms with E-state index in [2.05, 4.69) is 5.32 Å². The molecular formula is C28H31N3O5S2. The molecule has 0 aromatic heterocycles. The molecule has 1 aliphatic rings. The van der Waals surface area contributed by atoms with Crippen LogP contribution < -0.4 is 14.1 Å². The van der Waals surface area contributed by atoms with Crippen molar-refractivity contribution in [1.29, 1.82) is 0 Å². The predicted octanol–water partition coefficient (Wildman–Crippen LogP) is 5.08. The van der Waals surface area contributed by atoms with Gasteiger partial charge in [0.15, 0.2) is 11.3 Å². The quantitative estimate of drug-likeness (QED) is 0.309. The Balaban J connectivity index is 1.66. The van der Waals surface area contributed by atoms with Crippen molar-refractivity contribution in [3.05, 3.63) is 96.1 Å². The van der Waals surface area contributed by atoms with E-state index in [4.69, 9.17) is 4.74 Å². The fourth-order valence-electron chi connectivity index (χ4n) is 4.22. The lowest BCUT2D eigenvalue weighted by Crippen LogP contribution is -2.49. The van der Waals surface area contributed by atoms with Gasteiger partial charge in [-0.3, -0.25) is 9.69 Å². The Hall–Kier alpha value is -3.18. The van der Waals surface area contributed by atoms with Crippen LogP contribution in [0.3, 0.4) is 0 Å². The van der Waals surface area contributed by atoms with Crippen LogP contribution >= 0.6 is 11.8 Å². The van der Waals surface area contributed by atoms with Crippen LogP contribution in [-0.4, -0.2) is 37.6 Å². The van der Waals surface area contributed by atoms with Gasteiger partial charge in [0.1, 0.15) is 18.8 Å². The minimum Gasteiger partial charge on any atom is -0.724 e. The van der Waals surface area contributed by atoms with Crippen molar-refractivity contribution in [3.8, 4) is 0 Å². The first kappa shape index (κ1) is 27.8. The number of carbonyl (C=O) groups is 2. The lowest BCUT2D eigenvalue weighted by Gasteiger charge is -2.38. The largest absolute Gasteiger partial charge is 0.724 e. The average molecular weight is 554 g/mol. The summed E-state index contributed by atoms with van der Waals surface area (Å²) in [6.45, 7) is 5.88. The van der Waals surface area contributed by atoms with Crippen LogP contribution in [-0.2, 0) is 33.9 Å². The van der Waals surface area contributed by atoms with Crippen molar-refractivity contribution < 1.29 is 23.1 Å². The van der Waals surface area contributed by atoms with Crippen LogP contribution in [0.15, 0.2) is 84.9 Å². The normalized spacial score (nSPS) is 16.8. The Bertz CT molecular complexity index is 1260. The molecule has 2 atom stereocenters. The zero-order chi connectivity index (χ0) is 27.3. The van der Waals surface area contributed by atoms with E-state index in [1.807, 2.05) is 81.4 Å². The molecule has 0 bridgehead atoms. The zero-order valence-corrected chi connectivity index (χ0v) is 23.2. The Morgan fingerprint density at radius 2 is 1.61 bits per heavy atom. The van der Waals surface area contributed by atoms with Crippen molar-refractivity contribution >= 4 is 46.4 Å². The van der Waals surface area contributed by atoms with Gasteiger partial charge in [-0.15, -0.1) is 0 Å². The molecule has 10 heteroatoms. The molecule has 2 unspecified atom stereocenters. The third-order valence-corrected chi connectivity index (χ3v) is 8.02. The number of carbonyl (C=O) groups excluding carboxylic acids is 2. The molecule has 0 radical (unpaired) electrons. The molecule has 1 N–H and O–H groups in total. The van der Waals surface area contributed by atoms with Gasteiger partial charge >= 0.3 is 6.09 Å². The number of ether oxygens (including phenoxy) is 1.